The van der Waals surface area contributed by atoms with Gasteiger partial charge in [-0.25, -0.2) is 0 Å². The van der Waals surface area contributed by atoms with Crippen molar-refractivity contribution in [3.8, 4) is 11.5 Å². The van der Waals surface area contributed by atoms with Gasteiger partial charge in [-0.1, -0.05) is 19.4 Å². The van der Waals surface area contributed by atoms with Crippen molar-refractivity contribution in [3.63, 3.8) is 0 Å². The van der Waals surface area contributed by atoms with E-state index in [1.807, 2.05) is 18.2 Å². The van der Waals surface area contributed by atoms with Crippen molar-refractivity contribution in [3.05, 3.63) is 23.8 Å². The summed E-state index contributed by atoms with van der Waals surface area (Å²) in [7, 11) is 3.29. The summed E-state index contributed by atoms with van der Waals surface area (Å²) in [6.45, 7) is 6.01. The van der Waals surface area contributed by atoms with Crippen LogP contribution in [0.1, 0.15) is 31.7 Å². The van der Waals surface area contributed by atoms with E-state index in [9.17, 15) is 0 Å². The molecule has 0 radical (unpaired) electrons. The molecule has 1 aliphatic rings. The van der Waals surface area contributed by atoms with Gasteiger partial charge < -0.3 is 20.5 Å². The number of nitrogens with two attached hydrogens (primary N) is 1. The molecule has 0 amide bonds. The Balaban J connectivity index is 0.00000338. The number of rotatable bonds is 8. The van der Waals surface area contributed by atoms with Crippen LogP contribution in [0.3, 0.4) is 0 Å². The monoisotopic (exact) mass is 476 g/mol. The molecule has 1 aromatic rings. The zero-order valence-corrected chi connectivity index (χ0v) is 18.5. The number of nitrogens with one attached hydrogen (secondary N) is 1. The molecular weight excluding hydrogens is 443 g/mol. The van der Waals surface area contributed by atoms with Crippen molar-refractivity contribution in [1.29, 1.82) is 0 Å². The van der Waals surface area contributed by atoms with Gasteiger partial charge >= 0.3 is 0 Å². The van der Waals surface area contributed by atoms with E-state index in [1.165, 1.54) is 31.4 Å². The number of benzene rings is 1. The summed E-state index contributed by atoms with van der Waals surface area (Å²) in [5.41, 5.74) is 7.19. The minimum absolute atomic E-state index is 0. The Morgan fingerprint density at radius 1 is 1.27 bits per heavy atom. The van der Waals surface area contributed by atoms with Crippen molar-refractivity contribution < 1.29 is 9.47 Å². The summed E-state index contributed by atoms with van der Waals surface area (Å²) in [6.07, 6.45) is 4.66. The minimum atomic E-state index is 0. The van der Waals surface area contributed by atoms with Crippen LogP contribution >= 0.6 is 24.0 Å². The Morgan fingerprint density at radius 3 is 2.73 bits per heavy atom. The lowest BCUT2D eigenvalue weighted by Crippen LogP contribution is -2.42. The third-order valence-electron chi connectivity index (χ3n) is 4.80. The molecule has 1 saturated heterocycles. The molecule has 0 aliphatic carbocycles. The fraction of sp³-hybridized carbons (Fsp3) is 0.632. The third kappa shape index (κ3) is 6.83. The van der Waals surface area contributed by atoms with E-state index in [0.29, 0.717) is 12.0 Å². The molecule has 2 rings (SSSR count). The van der Waals surface area contributed by atoms with Crippen LogP contribution < -0.4 is 20.5 Å². The standard InChI is InChI=1S/C19H32N4O2.HI/c1-4-23-12-6-5-7-16(23)14-22-19(20)21-11-10-15-8-9-17(24-2)18(13-15)25-3;/h8-9,13,16H,4-7,10-12,14H2,1-3H3,(H3,20,21,22);1H. The highest BCUT2D eigenvalue weighted by Crippen LogP contribution is 2.27. The first kappa shape index (κ1) is 22.8. The highest BCUT2D eigenvalue weighted by atomic mass is 127. The van der Waals surface area contributed by atoms with E-state index < -0.39 is 0 Å². The molecule has 7 heteroatoms. The van der Waals surface area contributed by atoms with Gasteiger partial charge in [0.05, 0.1) is 20.8 Å². The van der Waals surface area contributed by atoms with Gasteiger partial charge in [0.25, 0.3) is 0 Å². The lowest BCUT2D eigenvalue weighted by atomic mass is 10.0. The first-order chi connectivity index (χ1) is 12.2. The Kier molecular flexibility index (Phi) is 10.7. The predicted octanol–water partition coefficient (Wildman–Crippen LogP) is 2.64. The van der Waals surface area contributed by atoms with Crippen LogP contribution in [0.4, 0.5) is 0 Å². The first-order valence-electron chi connectivity index (χ1n) is 9.16. The van der Waals surface area contributed by atoms with Gasteiger partial charge in [0.1, 0.15) is 0 Å². The van der Waals surface area contributed by atoms with Crippen LogP contribution in [0.25, 0.3) is 0 Å². The quantitative estimate of drug-likeness (QED) is 0.343. The largest absolute Gasteiger partial charge is 0.493 e. The predicted molar refractivity (Wildman–Crippen MR) is 118 cm³/mol. The van der Waals surface area contributed by atoms with Crippen LogP contribution in [0, 0.1) is 0 Å². The summed E-state index contributed by atoms with van der Waals surface area (Å²) in [5, 5.41) is 3.21. The number of nitrogens with zero attached hydrogens (tertiary/aromatic N) is 2. The van der Waals surface area contributed by atoms with E-state index in [-0.39, 0.29) is 24.0 Å². The minimum Gasteiger partial charge on any atom is -0.493 e. The fourth-order valence-corrected chi connectivity index (χ4v) is 3.31. The van der Waals surface area contributed by atoms with Crippen LogP contribution in [0.2, 0.25) is 0 Å². The maximum Gasteiger partial charge on any atom is 0.188 e. The molecule has 148 valence electrons. The van der Waals surface area contributed by atoms with Crippen molar-refractivity contribution in [2.24, 2.45) is 10.7 Å². The normalized spacial score (nSPS) is 18.1. The zero-order chi connectivity index (χ0) is 18.1. The van der Waals surface area contributed by atoms with Crippen molar-refractivity contribution >= 4 is 29.9 Å². The second-order valence-corrected chi connectivity index (χ2v) is 6.37. The molecular formula is C19H33IN4O2. The maximum atomic E-state index is 6.02. The second kappa shape index (κ2) is 12.2. The first-order valence-corrected chi connectivity index (χ1v) is 9.16. The number of methoxy groups -OCH3 is 2. The topological polar surface area (TPSA) is 72.1 Å². The van der Waals surface area contributed by atoms with Crippen molar-refractivity contribution in [2.45, 2.75) is 38.6 Å². The Morgan fingerprint density at radius 2 is 2.04 bits per heavy atom. The van der Waals surface area contributed by atoms with Gasteiger partial charge in [0, 0.05) is 12.6 Å². The van der Waals surface area contributed by atoms with Gasteiger partial charge in [-0.15, -0.1) is 24.0 Å². The molecule has 6 nitrogen and oxygen atoms in total. The van der Waals surface area contributed by atoms with E-state index in [0.717, 1.165) is 37.6 Å². The van der Waals surface area contributed by atoms with E-state index in [2.05, 4.69) is 22.1 Å². The van der Waals surface area contributed by atoms with Gasteiger partial charge in [0.2, 0.25) is 0 Å². The lowest BCUT2D eigenvalue weighted by Gasteiger charge is -2.33. The summed E-state index contributed by atoms with van der Waals surface area (Å²) in [4.78, 5) is 7.04. The SMILES string of the molecule is CCN1CCCCC1CN=C(N)NCCc1ccc(OC)c(OC)c1.I. The summed E-state index contributed by atoms with van der Waals surface area (Å²) < 4.78 is 10.6. The molecule has 1 aromatic carbocycles. The summed E-state index contributed by atoms with van der Waals surface area (Å²) >= 11 is 0. The number of hydrogen-bond donors (Lipinski definition) is 2. The zero-order valence-electron chi connectivity index (χ0n) is 16.2. The van der Waals surface area contributed by atoms with Crippen molar-refractivity contribution in [1.82, 2.24) is 10.2 Å². The number of halogens is 1. The maximum absolute atomic E-state index is 6.02. The van der Waals surface area contributed by atoms with Crippen LogP contribution in [0.5, 0.6) is 11.5 Å². The van der Waals surface area contributed by atoms with Gasteiger partial charge in [-0.3, -0.25) is 9.89 Å². The number of likely N-dealkylation sites (N-methyl/N-ethyl adjacent to an activating group) is 1. The van der Waals surface area contributed by atoms with Gasteiger partial charge in [0.15, 0.2) is 17.5 Å². The Labute approximate surface area is 174 Å². The molecule has 1 fully saturated rings. The molecule has 1 aliphatic heterocycles. The number of piperidine rings is 1. The molecule has 26 heavy (non-hydrogen) atoms. The van der Waals surface area contributed by atoms with Gasteiger partial charge in [-0.2, -0.15) is 0 Å². The molecule has 0 aromatic heterocycles. The summed E-state index contributed by atoms with van der Waals surface area (Å²) in [6, 6.07) is 6.49. The van der Waals surface area contributed by atoms with Crippen LogP contribution in [-0.4, -0.2) is 57.3 Å². The number of hydrogen-bond acceptors (Lipinski definition) is 4. The number of guanidine groups is 1. The second-order valence-electron chi connectivity index (χ2n) is 6.37. The number of aliphatic imine (C=N–C) groups is 1. The smallest absolute Gasteiger partial charge is 0.188 e. The van der Waals surface area contributed by atoms with Crippen LogP contribution in [0.15, 0.2) is 23.2 Å². The Hall–Kier alpha value is -1.22. The van der Waals surface area contributed by atoms with Gasteiger partial charge in [-0.05, 0) is 50.0 Å². The molecule has 3 N–H and O–H groups in total. The van der Waals surface area contributed by atoms with Crippen molar-refractivity contribution in [2.75, 3.05) is 40.4 Å². The van der Waals surface area contributed by atoms with E-state index in [4.69, 9.17) is 15.2 Å². The average molecular weight is 476 g/mol. The third-order valence-corrected chi connectivity index (χ3v) is 4.80. The highest BCUT2D eigenvalue weighted by Gasteiger charge is 2.20. The lowest BCUT2D eigenvalue weighted by molar-refractivity contribution is 0.161. The molecule has 0 spiro atoms. The van der Waals surface area contributed by atoms with Crippen LogP contribution in [-0.2, 0) is 6.42 Å². The Bertz CT molecular complexity index is 568. The highest BCUT2D eigenvalue weighted by molar-refractivity contribution is 14.0. The van der Waals surface area contributed by atoms with E-state index >= 15 is 0 Å². The number of ether oxygens (including phenoxy) is 2. The molecule has 0 bridgehead atoms. The fourth-order valence-electron chi connectivity index (χ4n) is 3.31. The average Bonchev–Trinajstić information content (AvgIpc) is 2.66. The molecule has 0 saturated carbocycles. The van der Waals surface area contributed by atoms with E-state index in [1.54, 1.807) is 14.2 Å². The number of likely N-dealkylation sites (tertiary alicyclic amines) is 1. The molecule has 1 heterocycles. The molecule has 1 unspecified atom stereocenters. The summed E-state index contributed by atoms with van der Waals surface area (Å²) in [5.74, 6) is 2.02. The molecule has 1 atom stereocenters.